The van der Waals surface area contributed by atoms with Crippen molar-refractivity contribution in [1.29, 1.82) is 0 Å². The molecule has 0 bridgehead atoms. The van der Waals surface area contributed by atoms with Crippen molar-refractivity contribution in [1.82, 2.24) is 24.1 Å². The van der Waals surface area contributed by atoms with Crippen LogP contribution >= 0.6 is 0 Å². The normalized spacial score (nSPS) is 12.0. The smallest absolute Gasteiger partial charge is 0.160 e. The van der Waals surface area contributed by atoms with Gasteiger partial charge in [-0.1, -0.05) is 127 Å². The summed E-state index contributed by atoms with van der Waals surface area (Å²) in [6, 6.07) is 69.7. The Morgan fingerprint density at radius 3 is 1.92 bits per heavy atom. The Balaban J connectivity index is 0.972. The van der Waals surface area contributed by atoms with Gasteiger partial charge in [0.05, 0.1) is 27.6 Å². The second kappa shape index (κ2) is 12.7. The van der Waals surface area contributed by atoms with Gasteiger partial charge in [-0.3, -0.25) is 4.98 Å². The number of benzene rings is 9. The van der Waals surface area contributed by atoms with E-state index in [9.17, 15) is 0 Å². The fourth-order valence-electron chi connectivity index (χ4n) is 9.51. The van der Waals surface area contributed by atoms with Crippen molar-refractivity contribution in [3.8, 4) is 34.0 Å². The molecular weight excluding hydrogens is 731 g/mol. The zero-order valence-corrected chi connectivity index (χ0v) is 32.3. The van der Waals surface area contributed by atoms with E-state index in [0.717, 1.165) is 55.5 Å². The van der Waals surface area contributed by atoms with Gasteiger partial charge in [-0.25, -0.2) is 9.97 Å². The van der Waals surface area contributed by atoms with Crippen LogP contribution in [0.25, 0.3) is 121 Å². The van der Waals surface area contributed by atoms with Crippen LogP contribution in [0.4, 0.5) is 0 Å². The number of hydrogen-bond acceptors (Lipinski definition) is 3. The molecule has 13 aromatic rings. The van der Waals surface area contributed by atoms with Crippen LogP contribution in [0.2, 0.25) is 0 Å². The Hall–Kier alpha value is -8.15. The van der Waals surface area contributed by atoms with Crippen LogP contribution in [0.3, 0.4) is 0 Å². The van der Waals surface area contributed by atoms with Crippen molar-refractivity contribution in [3.63, 3.8) is 0 Å². The lowest BCUT2D eigenvalue weighted by atomic mass is 10.0. The van der Waals surface area contributed by atoms with Gasteiger partial charge in [-0.2, -0.15) is 0 Å². The summed E-state index contributed by atoms with van der Waals surface area (Å²) in [6.07, 6.45) is 1.82. The summed E-state index contributed by atoms with van der Waals surface area (Å²) >= 11 is 0. The number of fused-ring (bicyclic) bond motifs is 11. The van der Waals surface area contributed by atoms with Crippen LogP contribution in [0.1, 0.15) is 0 Å². The molecule has 9 aromatic carbocycles. The van der Waals surface area contributed by atoms with Crippen molar-refractivity contribution >= 4 is 87.0 Å². The minimum Gasteiger partial charge on any atom is -0.309 e. The molecule has 0 spiro atoms. The molecule has 0 radical (unpaired) electrons. The lowest BCUT2D eigenvalue weighted by molar-refractivity contribution is 1.18. The quantitative estimate of drug-likeness (QED) is 0.179. The second-order valence-electron chi connectivity index (χ2n) is 15.7. The Bertz CT molecular complexity index is 3900. The van der Waals surface area contributed by atoms with Crippen LogP contribution in [0.15, 0.2) is 200 Å². The van der Waals surface area contributed by atoms with E-state index in [-0.39, 0.29) is 0 Å². The largest absolute Gasteiger partial charge is 0.309 e. The molecule has 0 fully saturated rings. The minimum absolute atomic E-state index is 0.668. The number of hydrogen-bond donors (Lipinski definition) is 0. The summed E-state index contributed by atoms with van der Waals surface area (Å²) in [6.45, 7) is 0. The van der Waals surface area contributed by atoms with Crippen molar-refractivity contribution in [3.05, 3.63) is 200 Å². The first kappa shape index (κ1) is 32.9. The molecule has 4 heterocycles. The zero-order valence-electron chi connectivity index (χ0n) is 32.3. The molecular formula is C55H33N5. The van der Waals surface area contributed by atoms with Gasteiger partial charge >= 0.3 is 0 Å². The number of pyridine rings is 1. The highest BCUT2D eigenvalue weighted by atomic mass is 15.0. The molecule has 0 saturated carbocycles. The summed E-state index contributed by atoms with van der Waals surface area (Å²) in [5.74, 6) is 0.668. The summed E-state index contributed by atoms with van der Waals surface area (Å²) in [7, 11) is 0. The Labute approximate surface area is 344 Å². The van der Waals surface area contributed by atoms with E-state index in [2.05, 4.69) is 191 Å². The minimum atomic E-state index is 0.668. The third-order valence-electron chi connectivity index (χ3n) is 12.3. The number of aromatic nitrogens is 5. The molecule has 0 aliphatic rings. The summed E-state index contributed by atoms with van der Waals surface area (Å²) in [5, 5.41) is 12.1. The summed E-state index contributed by atoms with van der Waals surface area (Å²) < 4.78 is 4.79. The predicted octanol–water partition coefficient (Wildman–Crippen LogP) is 14.0. The molecule has 13 rings (SSSR count). The van der Waals surface area contributed by atoms with Gasteiger partial charge in [0, 0.05) is 55.6 Å². The maximum absolute atomic E-state index is 5.30. The molecule has 5 nitrogen and oxygen atoms in total. The number of rotatable bonds is 4. The molecule has 0 amide bonds. The first-order valence-electron chi connectivity index (χ1n) is 20.3. The molecule has 0 unspecified atom stereocenters. The Morgan fingerprint density at radius 1 is 0.350 bits per heavy atom. The standard InChI is InChI=1S/C55H33N5/c1-2-14-41(15-3-1)59-49-19-9-8-17-44(49)45-26-24-39(33-50(45)59)52-53-48(18-10-28-56-53)57-55(58-52)40-21-20-38-30-42(25-22-37(38)29-40)60-51-32-36-13-5-4-12-35(36)31-47(51)46-27-23-34-11-6-7-16-43(34)54(46)60/h1-33H. The first-order chi connectivity index (χ1) is 29.7. The van der Waals surface area contributed by atoms with Crippen molar-refractivity contribution < 1.29 is 0 Å². The summed E-state index contributed by atoms with van der Waals surface area (Å²) in [5.41, 5.74) is 11.3. The maximum Gasteiger partial charge on any atom is 0.160 e. The van der Waals surface area contributed by atoms with E-state index in [1.165, 1.54) is 59.6 Å². The van der Waals surface area contributed by atoms with E-state index in [1.54, 1.807) is 0 Å². The Morgan fingerprint density at radius 2 is 1.02 bits per heavy atom. The van der Waals surface area contributed by atoms with Gasteiger partial charge in [-0.15, -0.1) is 0 Å². The molecule has 60 heavy (non-hydrogen) atoms. The highest BCUT2D eigenvalue weighted by Gasteiger charge is 2.19. The lowest BCUT2D eigenvalue weighted by Gasteiger charge is -2.13. The predicted molar refractivity (Wildman–Crippen MR) is 249 cm³/mol. The van der Waals surface area contributed by atoms with Crippen LogP contribution in [-0.4, -0.2) is 24.1 Å². The van der Waals surface area contributed by atoms with Crippen LogP contribution in [0.5, 0.6) is 0 Å². The molecule has 5 heteroatoms. The third-order valence-corrected chi connectivity index (χ3v) is 12.3. The highest BCUT2D eigenvalue weighted by molar-refractivity contribution is 6.21. The Kier molecular flexibility index (Phi) is 6.95. The molecule has 0 atom stereocenters. The van der Waals surface area contributed by atoms with Crippen molar-refractivity contribution in [2.24, 2.45) is 0 Å². The SMILES string of the molecule is c1ccc(-n2c3ccccc3c3ccc(-c4nc(-c5ccc6cc(-n7c8cc9ccccc9cc8c8ccc9ccccc9c87)ccc6c5)nc5cccnc45)cc32)cc1. The molecule has 0 aliphatic heterocycles. The van der Waals surface area contributed by atoms with Gasteiger partial charge in [0.15, 0.2) is 5.82 Å². The van der Waals surface area contributed by atoms with Gasteiger partial charge in [0.1, 0.15) is 11.2 Å². The van der Waals surface area contributed by atoms with E-state index >= 15 is 0 Å². The van der Waals surface area contributed by atoms with Gasteiger partial charge < -0.3 is 9.13 Å². The molecule has 0 saturated heterocycles. The van der Waals surface area contributed by atoms with Crippen molar-refractivity contribution in [2.45, 2.75) is 0 Å². The molecule has 0 aliphatic carbocycles. The monoisotopic (exact) mass is 763 g/mol. The van der Waals surface area contributed by atoms with E-state index in [1.807, 2.05) is 18.3 Å². The van der Waals surface area contributed by atoms with Crippen molar-refractivity contribution in [2.75, 3.05) is 0 Å². The molecule has 278 valence electrons. The number of nitrogens with zero attached hydrogens (tertiary/aromatic N) is 5. The first-order valence-corrected chi connectivity index (χ1v) is 20.3. The average Bonchev–Trinajstić information content (AvgIpc) is 3.82. The van der Waals surface area contributed by atoms with Gasteiger partial charge in [-0.05, 0) is 93.7 Å². The van der Waals surface area contributed by atoms with E-state index < -0.39 is 0 Å². The average molecular weight is 764 g/mol. The highest BCUT2D eigenvalue weighted by Crippen LogP contribution is 2.40. The zero-order chi connectivity index (χ0) is 39.3. The van der Waals surface area contributed by atoms with Gasteiger partial charge in [0.25, 0.3) is 0 Å². The maximum atomic E-state index is 5.30. The molecule has 4 aromatic heterocycles. The molecule has 0 N–H and O–H groups in total. The van der Waals surface area contributed by atoms with Crippen LogP contribution in [-0.2, 0) is 0 Å². The fraction of sp³-hybridized carbons (Fsp3) is 0. The van der Waals surface area contributed by atoms with Crippen LogP contribution < -0.4 is 0 Å². The van der Waals surface area contributed by atoms with Crippen LogP contribution in [0, 0.1) is 0 Å². The van der Waals surface area contributed by atoms with E-state index in [4.69, 9.17) is 15.0 Å². The summed E-state index contributed by atoms with van der Waals surface area (Å²) in [4.78, 5) is 15.2. The third kappa shape index (κ3) is 4.90. The van der Waals surface area contributed by atoms with Gasteiger partial charge in [0.2, 0.25) is 0 Å². The lowest BCUT2D eigenvalue weighted by Crippen LogP contribution is -1.98. The second-order valence-corrected chi connectivity index (χ2v) is 15.7. The number of para-hydroxylation sites is 2. The topological polar surface area (TPSA) is 48.5 Å². The van der Waals surface area contributed by atoms with E-state index in [0.29, 0.717) is 5.82 Å². The fourth-order valence-corrected chi connectivity index (χ4v) is 9.51.